The van der Waals surface area contributed by atoms with Gasteiger partial charge in [-0.15, -0.1) is 0 Å². The Balaban J connectivity index is 1.41. The number of amides is 3. The van der Waals surface area contributed by atoms with Crippen LogP contribution in [0.3, 0.4) is 0 Å². The Morgan fingerprint density at radius 1 is 1.21 bits per heavy atom. The fraction of sp³-hybridized carbons (Fsp3) is 0.621. The molecule has 206 valence electrons. The molecule has 3 fully saturated rings. The molecule has 3 heterocycles. The molecular formula is C29H39N3O6. The van der Waals surface area contributed by atoms with Crippen LogP contribution in [0.4, 0.5) is 5.69 Å². The second-order valence-corrected chi connectivity index (χ2v) is 10.9. The maximum absolute atomic E-state index is 14.0. The number of likely N-dealkylation sites (tertiary alicyclic amines) is 1. The van der Waals surface area contributed by atoms with Crippen LogP contribution in [-0.4, -0.2) is 73.3 Å². The second-order valence-electron chi connectivity index (χ2n) is 10.9. The summed E-state index contributed by atoms with van der Waals surface area (Å²) in [6.07, 6.45) is 7.98. The van der Waals surface area contributed by atoms with Crippen molar-refractivity contribution < 1.29 is 28.6 Å². The average molecular weight is 526 g/mol. The van der Waals surface area contributed by atoms with Crippen LogP contribution in [0.2, 0.25) is 0 Å². The summed E-state index contributed by atoms with van der Waals surface area (Å²) in [5.41, 5.74) is -0.583. The van der Waals surface area contributed by atoms with Crippen molar-refractivity contribution in [3.63, 3.8) is 0 Å². The largest absolute Gasteiger partial charge is 0.497 e. The lowest BCUT2D eigenvalue weighted by atomic mass is 9.74. The highest BCUT2D eigenvalue weighted by atomic mass is 16.5. The molecule has 1 aliphatic carbocycles. The first-order chi connectivity index (χ1) is 18.4. The van der Waals surface area contributed by atoms with E-state index >= 15 is 0 Å². The molecule has 1 aromatic carbocycles. The van der Waals surface area contributed by atoms with E-state index in [1.165, 1.54) is 6.42 Å². The molecule has 2 N–H and O–H groups in total. The van der Waals surface area contributed by atoms with Crippen LogP contribution in [0.25, 0.3) is 0 Å². The maximum Gasteiger partial charge on any atom is 0.246 e. The molecule has 5 rings (SSSR count). The fourth-order valence-electron chi connectivity index (χ4n) is 6.71. The average Bonchev–Trinajstić information content (AvgIpc) is 3.55. The van der Waals surface area contributed by atoms with Gasteiger partial charge in [0.1, 0.15) is 17.4 Å². The number of hydrogen-bond donors (Lipinski definition) is 2. The summed E-state index contributed by atoms with van der Waals surface area (Å²) in [4.78, 5) is 43.1. The van der Waals surface area contributed by atoms with Crippen LogP contribution < -0.4 is 15.4 Å². The van der Waals surface area contributed by atoms with Crippen LogP contribution in [0.5, 0.6) is 5.75 Å². The Bertz CT molecular complexity index is 1090. The number of carbonyl (C=O) groups excluding carboxylic acids is 3. The lowest BCUT2D eigenvalue weighted by Crippen LogP contribution is -2.57. The molecule has 4 aliphatic rings. The van der Waals surface area contributed by atoms with Gasteiger partial charge in [-0.3, -0.25) is 14.4 Å². The molecule has 0 radical (unpaired) electrons. The van der Waals surface area contributed by atoms with Crippen molar-refractivity contribution in [1.29, 1.82) is 0 Å². The number of benzene rings is 1. The van der Waals surface area contributed by atoms with Crippen LogP contribution in [-0.2, 0) is 23.9 Å². The van der Waals surface area contributed by atoms with Gasteiger partial charge in [0.2, 0.25) is 17.7 Å². The third-order valence-electron chi connectivity index (χ3n) is 8.59. The van der Waals surface area contributed by atoms with Crippen molar-refractivity contribution in [2.45, 2.75) is 69.7 Å². The van der Waals surface area contributed by atoms with Gasteiger partial charge < -0.3 is 29.7 Å². The van der Waals surface area contributed by atoms with E-state index in [4.69, 9.17) is 14.2 Å². The first-order valence-corrected chi connectivity index (χ1v) is 13.9. The molecule has 2 bridgehead atoms. The molecule has 5 unspecified atom stereocenters. The van der Waals surface area contributed by atoms with Crippen molar-refractivity contribution in [3.8, 4) is 5.75 Å². The highest BCUT2D eigenvalue weighted by Crippen LogP contribution is 2.55. The Labute approximate surface area is 224 Å². The highest BCUT2D eigenvalue weighted by molar-refractivity contribution is 6.02. The molecule has 38 heavy (non-hydrogen) atoms. The van der Waals surface area contributed by atoms with Crippen molar-refractivity contribution in [2.75, 3.05) is 32.2 Å². The summed E-state index contributed by atoms with van der Waals surface area (Å²) in [6, 6.07) is 6.34. The highest BCUT2D eigenvalue weighted by Gasteiger charge is 2.72. The molecule has 1 spiro atoms. The standard InChI is InChI=1S/C29H39N3O6/c1-4-37-16-8-15-32-25(27(34)31-21-12-6-5-9-18(21)2)29-14-13-22(38-29)23(24(29)28(32)35)26(33)30-19-10-7-11-20(17-19)36-3/h7,10-11,13-14,17-18,21-25H,4-6,8-9,12,15-16H2,1-3H3,(H,30,33)(H,31,34)/t18?,21?,22-,23?,24-,25?,29?/m1/s1. The molecule has 9 nitrogen and oxygen atoms in total. The number of ether oxygens (including phenoxy) is 3. The van der Waals surface area contributed by atoms with Crippen LogP contribution in [0, 0.1) is 17.8 Å². The molecule has 2 saturated heterocycles. The van der Waals surface area contributed by atoms with Gasteiger partial charge in [-0.05, 0) is 44.2 Å². The molecule has 9 heteroatoms. The van der Waals surface area contributed by atoms with Gasteiger partial charge in [-0.2, -0.15) is 0 Å². The smallest absolute Gasteiger partial charge is 0.246 e. The number of methoxy groups -OCH3 is 1. The number of nitrogens with zero attached hydrogens (tertiary/aromatic N) is 1. The third-order valence-corrected chi connectivity index (χ3v) is 8.59. The Morgan fingerprint density at radius 3 is 2.79 bits per heavy atom. The van der Waals surface area contributed by atoms with E-state index in [-0.39, 0.29) is 23.8 Å². The van der Waals surface area contributed by atoms with E-state index in [1.807, 2.05) is 19.1 Å². The zero-order chi connectivity index (χ0) is 26.9. The van der Waals surface area contributed by atoms with E-state index in [9.17, 15) is 14.4 Å². The fourth-order valence-corrected chi connectivity index (χ4v) is 6.71. The number of fused-ring (bicyclic) bond motifs is 1. The van der Waals surface area contributed by atoms with Crippen molar-refractivity contribution >= 4 is 23.4 Å². The third kappa shape index (κ3) is 4.71. The minimum atomic E-state index is -1.16. The zero-order valence-electron chi connectivity index (χ0n) is 22.5. The summed E-state index contributed by atoms with van der Waals surface area (Å²) in [7, 11) is 1.57. The van der Waals surface area contributed by atoms with E-state index in [2.05, 4.69) is 17.6 Å². The molecular weight excluding hydrogens is 486 g/mol. The summed E-state index contributed by atoms with van der Waals surface area (Å²) < 4.78 is 17.2. The Kier molecular flexibility index (Phi) is 7.77. The number of carbonyl (C=O) groups is 3. The van der Waals surface area contributed by atoms with Gasteiger partial charge in [0.05, 0.1) is 25.0 Å². The predicted molar refractivity (Wildman–Crippen MR) is 142 cm³/mol. The Morgan fingerprint density at radius 2 is 2.03 bits per heavy atom. The topological polar surface area (TPSA) is 106 Å². The molecule has 1 aromatic rings. The molecule has 0 aromatic heterocycles. The minimum Gasteiger partial charge on any atom is -0.497 e. The Hall–Kier alpha value is -2.91. The number of anilines is 1. The van der Waals surface area contributed by atoms with Gasteiger partial charge in [0, 0.05) is 37.6 Å². The van der Waals surface area contributed by atoms with E-state index < -0.39 is 29.6 Å². The minimum absolute atomic E-state index is 0.0711. The van der Waals surface area contributed by atoms with Crippen molar-refractivity contribution in [1.82, 2.24) is 10.2 Å². The summed E-state index contributed by atoms with van der Waals surface area (Å²) in [5.74, 6) is -1.22. The van der Waals surface area contributed by atoms with Gasteiger partial charge in [-0.25, -0.2) is 0 Å². The molecule has 3 amide bonds. The van der Waals surface area contributed by atoms with Gasteiger partial charge >= 0.3 is 0 Å². The first kappa shape index (κ1) is 26.7. The number of hydrogen-bond acceptors (Lipinski definition) is 6. The zero-order valence-corrected chi connectivity index (χ0v) is 22.5. The normalized spacial score (nSPS) is 33.3. The molecule has 7 atom stereocenters. The monoisotopic (exact) mass is 525 g/mol. The second kappa shape index (κ2) is 11.1. The SMILES string of the molecule is CCOCCCN1C(=O)[C@H]2C(C(=O)Nc3cccc(OC)c3)[C@H]3C=CC2(O3)C1C(=O)NC1CCCCC1C. The van der Waals surface area contributed by atoms with Crippen LogP contribution in [0.1, 0.15) is 46.0 Å². The lowest BCUT2D eigenvalue weighted by Gasteiger charge is -2.36. The van der Waals surface area contributed by atoms with Crippen molar-refractivity contribution in [3.05, 3.63) is 36.4 Å². The van der Waals surface area contributed by atoms with Crippen LogP contribution >= 0.6 is 0 Å². The van der Waals surface area contributed by atoms with Gasteiger partial charge in [0.25, 0.3) is 0 Å². The van der Waals surface area contributed by atoms with Gasteiger partial charge in [0.15, 0.2) is 0 Å². The van der Waals surface area contributed by atoms with Crippen molar-refractivity contribution in [2.24, 2.45) is 17.8 Å². The predicted octanol–water partition coefficient (Wildman–Crippen LogP) is 2.91. The van der Waals surface area contributed by atoms with Crippen LogP contribution in [0.15, 0.2) is 36.4 Å². The van der Waals surface area contributed by atoms with E-state index in [0.29, 0.717) is 43.5 Å². The maximum atomic E-state index is 14.0. The first-order valence-electron chi connectivity index (χ1n) is 13.9. The number of nitrogens with one attached hydrogen (secondary N) is 2. The van der Waals surface area contributed by atoms with Gasteiger partial charge in [-0.1, -0.05) is 38.0 Å². The quantitative estimate of drug-likeness (QED) is 0.360. The number of rotatable bonds is 10. The summed E-state index contributed by atoms with van der Waals surface area (Å²) >= 11 is 0. The summed E-state index contributed by atoms with van der Waals surface area (Å²) in [6.45, 7) is 5.53. The lowest BCUT2D eigenvalue weighted by molar-refractivity contribution is -0.141. The van der Waals surface area contributed by atoms with E-state index in [1.54, 1.807) is 36.3 Å². The van der Waals surface area contributed by atoms with E-state index in [0.717, 1.165) is 19.3 Å². The molecule has 1 saturated carbocycles. The molecule has 3 aliphatic heterocycles. The summed E-state index contributed by atoms with van der Waals surface area (Å²) in [5, 5.41) is 6.20.